The average molecular weight is 433 g/mol. The van der Waals surface area contributed by atoms with E-state index in [-0.39, 0.29) is 23.8 Å². The predicted molar refractivity (Wildman–Crippen MR) is 94.0 cm³/mol. The van der Waals surface area contributed by atoms with Gasteiger partial charge in [-0.2, -0.15) is 0 Å². The van der Waals surface area contributed by atoms with Crippen LogP contribution in [0, 0.1) is 9.49 Å². The van der Waals surface area contributed by atoms with E-state index in [1.165, 1.54) is 0 Å². The van der Waals surface area contributed by atoms with E-state index >= 15 is 0 Å². The maximum atomic E-state index is 12.5. The molecule has 2 aliphatic rings. The van der Waals surface area contributed by atoms with E-state index in [2.05, 4.69) is 27.9 Å². The lowest BCUT2D eigenvalue weighted by molar-refractivity contribution is -0.123. The van der Waals surface area contributed by atoms with Crippen molar-refractivity contribution in [2.24, 2.45) is 5.92 Å². The van der Waals surface area contributed by atoms with Crippen molar-refractivity contribution in [3.63, 3.8) is 0 Å². The number of likely N-dealkylation sites (tertiary alicyclic amines) is 1. The van der Waals surface area contributed by atoms with E-state index in [0.29, 0.717) is 23.7 Å². The highest BCUT2D eigenvalue weighted by Crippen LogP contribution is 2.29. The van der Waals surface area contributed by atoms with Gasteiger partial charge in [-0.25, -0.2) is 0 Å². The summed E-state index contributed by atoms with van der Waals surface area (Å²) >= 11 is 8.13. The van der Waals surface area contributed by atoms with Crippen LogP contribution in [0.4, 0.5) is 0 Å². The monoisotopic (exact) mass is 432 g/mol. The predicted octanol–water partition coefficient (Wildman–Crippen LogP) is 3.08. The second kappa shape index (κ2) is 6.74. The van der Waals surface area contributed by atoms with Crippen LogP contribution < -0.4 is 5.32 Å². The molecule has 3 rings (SSSR count). The molecule has 0 spiro atoms. The summed E-state index contributed by atoms with van der Waals surface area (Å²) < 4.78 is 0.886. The molecular weight excluding hydrogens is 415 g/mol. The van der Waals surface area contributed by atoms with Gasteiger partial charge in [-0.15, -0.1) is 0 Å². The first-order valence-electron chi connectivity index (χ1n) is 7.59. The molecule has 1 aliphatic heterocycles. The number of nitrogens with one attached hydrogen (secondary N) is 1. The number of hydrogen-bond acceptors (Lipinski definition) is 2. The van der Waals surface area contributed by atoms with Gasteiger partial charge in [0, 0.05) is 34.2 Å². The van der Waals surface area contributed by atoms with Crippen LogP contribution in [0.15, 0.2) is 18.2 Å². The number of amides is 2. The number of carbonyl (C=O) groups is 2. The molecular formula is C16H18ClIN2O2. The number of nitrogens with zero attached hydrogens (tertiary/aromatic N) is 1. The molecule has 118 valence electrons. The quantitative estimate of drug-likeness (QED) is 0.746. The average Bonchev–Trinajstić information content (AvgIpc) is 3.35. The van der Waals surface area contributed by atoms with E-state index in [9.17, 15) is 9.59 Å². The van der Waals surface area contributed by atoms with E-state index in [1.54, 1.807) is 12.1 Å². The minimum atomic E-state index is 0.0431. The third-order valence-electron chi connectivity index (χ3n) is 4.24. The molecule has 2 fully saturated rings. The molecule has 1 heterocycles. The molecule has 1 aromatic carbocycles. The van der Waals surface area contributed by atoms with Crippen LogP contribution in [-0.2, 0) is 4.79 Å². The molecule has 0 atom stereocenters. The fraction of sp³-hybridized carbons (Fsp3) is 0.500. The lowest BCUT2D eigenvalue weighted by atomic mass is 10.0. The topological polar surface area (TPSA) is 49.4 Å². The molecule has 6 heteroatoms. The van der Waals surface area contributed by atoms with Gasteiger partial charge < -0.3 is 10.2 Å². The third-order valence-corrected chi connectivity index (χ3v) is 5.78. The van der Waals surface area contributed by atoms with Gasteiger partial charge in [0.15, 0.2) is 0 Å². The van der Waals surface area contributed by atoms with Crippen molar-refractivity contribution >= 4 is 46.0 Å². The van der Waals surface area contributed by atoms with Crippen LogP contribution in [0.5, 0.6) is 0 Å². The fourth-order valence-electron chi connectivity index (χ4n) is 2.70. The Labute approximate surface area is 148 Å². The van der Waals surface area contributed by atoms with Crippen molar-refractivity contribution in [1.82, 2.24) is 10.2 Å². The van der Waals surface area contributed by atoms with Crippen LogP contribution in [0.2, 0.25) is 5.02 Å². The van der Waals surface area contributed by atoms with Crippen LogP contribution in [0.25, 0.3) is 0 Å². The van der Waals surface area contributed by atoms with Crippen LogP contribution in [-0.4, -0.2) is 35.8 Å². The summed E-state index contributed by atoms with van der Waals surface area (Å²) in [6.07, 6.45) is 3.71. The highest BCUT2D eigenvalue weighted by Gasteiger charge is 2.32. The van der Waals surface area contributed by atoms with Crippen LogP contribution in [0.1, 0.15) is 36.0 Å². The normalized spacial score (nSPS) is 19.1. The lowest BCUT2D eigenvalue weighted by Crippen LogP contribution is -2.46. The summed E-state index contributed by atoms with van der Waals surface area (Å²) in [5.74, 6) is 0.481. The van der Waals surface area contributed by atoms with Gasteiger partial charge in [-0.3, -0.25) is 9.59 Å². The molecule has 0 bridgehead atoms. The Morgan fingerprint density at radius 2 is 1.86 bits per heavy atom. The van der Waals surface area contributed by atoms with Crippen LogP contribution >= 0.6 is 34.2 Å². The second-order valence-corrected chi connectivity index (χ2v) is 7.55. The zero-order valence-corrected chi connectivity index (χ0v) is 15.1. The molecule has 22 heavy (non-hydrogen) atoms. The molecule has 0 radical (unpaired) electrons. The second-order valence-electron chi connectivity index (χ2n) is 5.98. The zero-order chi connectivity index (χ0) is 15.7. The van der Waals surface area contributed by atoms with Gasteiger partial charge in [0.2, 0.25) is 5.91 Å². The van der Waals surface area contributed by atoms with Crippen molar-refractivity contribution in [1.29, 1.82) is 0 Å². The SMILES string of the molecule is O=C(NC1CCN(C(=O)c2ccc(Cl)c(I)c2)CC1)C1CC1. The fourth-order valence-corrected chi connectivity index (χ4v) is 3.34. The first kappa shape index (κ1) is 16.1. The van der Waals surface area contributed by atoms with E-state index < -0.39 is 0 Å². The van der Waals surface area contributed by atoms with Gasteiger partial charge in [-0.1, -0.05) is 11.6 Å². The summed E-state index contributed by atoms with van der Waals surface area (Å²) in [4.78, 5) is 26.1. The number of rotatable bonds is 3. The van der Waals surface area contributed by atoms with E-state index in [1.807, 2.05) is 11.0 Å². The van der Waals surface area contributed by atoms with Crippen molar-refractivity contribution in [2.75, 3.05) is 13.1 Å². The standard InChI is InChI=1S/C16H18ClIN2O2/c17-13-4-3-11(9-14(13)18)16(22)20-7-5-12(6-8-20)19-15(21)10-1-2-10/h3-4,9-10,12H,1-2,5-8H2,(H,19,21). The molecule has 4 nitrogen and oxygen atoms in total. The minimum absolute atomic E-state index is 0.0431. The molecule has 0 aromatic heterocycles. The Kier molecular flexibility index (Phi) is 4.92. The number of hydrogen-bond donors (Lipinski definition) is 1. The van der Waals surface area contributed by atoms with Crippen molar-refractivity contribution in [3.05, 3.63) is 32.4 Å². The Morgan fingerprint density at radius 3 is 2.45 bits per heavy atom. The molecule has 1 N–H and O–H groups in total. The summed E-state index contributed by atoms with van der Waals surface area (Å²) in [5.41, 5.74) is 0.675. The molecule has 2 amide bonds. The Hall–Kier alpha value is -0.820. The molecule has 1 saturated carbocycles. The summed E-state index contributed by atoms with van der Waals surface area (Å²) in [7, 11) is 0. The van der Waals surface area contributed by atoms with Gasteiger partial charge in [0.05, 0.1) is 5.02 Å². The number of benzene rings is 1. The van der Waals surface area contributed by atoms with Gasteiger partial charge in [0.25, 0.3) is 5.91 Å². The van der Waals surface area contributed by atoms with E-state index in [4.69, 9.17) is 11.6 Å². The smallest absolute Gasteiger partial charge is 0.253 e. The van der Waals surface area contributed by atoms with Crippen LogP contribution in [0.3, 0.4) is 0 Å². The van der Waals surface area contributed by atoms with Crippen molar-refractivity contribution in [2.45, 2.75) is 31.7 Å². The minimum Gasteiger partial charge on any atom is -0.353 e. The van der Waals surface area contributed by atoms with E-state index in [0.717, 1.165) is 29.3 Å². The molecule has 1 aliphatic carbocycles. The first-order valence-corrected chi connectivity index (χ1v) is 9.05. The first-order chi connectivity index (χ1) is 10.5. The van der Waals surface area contributed by atoms with Gasteiger partial charge in [0.1, 0.15) is 0 Å². The number of piperidine rings is 1. The number of carbonyl (C=O) groups excluding carboxylic acids is 2. The third kappa shape index (κ3) is 3.74. The van der Waals surface area contributed by atoms with Gasteiger partial charge >= 0.3 is 0 Å². The molecule has 0 unspecified atom stereocenters. The Bertz CT molecular complexity index is 596. The Balaban J connectivity index is 1.54. The van der Waals surface area contributed by atoms with Crippen molar-refractivity contribution in [3.8, 4) is 0 Å². The molecule has 1 aromatic rings. The molecule has 1 saturated heterocycles. The largest absolute Gasteiger partial charge is 0.353 e. The van der Waals surface area contributed by atoms with Gasteiger partial charge in [-0.05, 0) is 66.5 Å². The summed E-state index contributed by atoms with van der Waals surface area (Å²) in [6.45, 7) is 1.38. The maximum Gasteiger partial charge on any atom is 0.253 e. The highest BCUT2D eigenvalue weighted by atomic mass is 127. The zero-order valence-electron chi connectivity index (χ0n) is 12.1. The summed E-state index contributed by atoms with van der Waals surface area (Å²) in [6, 6.07) is 5.57. The Morgan fingerprint density at radius 1 is 1.18 bits per heavy atom. The summed E-state index contributed by atoms with van der Waals surface area (Å²) in [5, 5.41) is 3.77. The lowest BCUT2D eigenvalue weighted by Gasteiger charge is -2.32. The van der Waals surface area contributed by atoms with Crippen molar-refractivity contribution < 1.29 is 9.59 Å². The number of halogens is 2. The highest BCUT2D eigenvalue weighted by molar-refractivity contribution is 14.1. The maximum absolute atomic E-state index is 12.5.